The molecule has 0 fully saturated rings. The van der Waals surface area contributed by atoms with Crippen LogP contribution in [0, 0.1) is 0 Å². The fourth-order valence-electron chi connectivity index (χ4n) is 3.86. The van der Waals surface area contributed by atoms with E-state index in [2.05, 4.69) is 0 Å². The zero-order valence-electron chi connectivity index (χ0n) is 20.7. The minimum Gasteiger partial charge on any atom is -0.497 e. The number of hydrogen-bond acceptors (Lipinski definition) is 6. The Labute approximate surface area is 210 Å². The van der Waals surface area contributed by atoms with Crippen molar-refractivity contribution in [3.8, 4) is 34.2 Å². The van der Waals surface area contributed by atoms with E-state index in [0.717, 1.165) is 34.0 Å². The van der Waals surface area contributed by atoms with Gasteiger partial charge in [-0.05, 0) is 67.6 Å². The van der Waals surface area contributed by atoms with Gasteiger partial charge in [0.25, 0.3) is 0 Å². The van der Waals surface area contributed by atoms with E-state index >= 15 is 0 Å². The van der Waals surface area contributed by atoms with E-state index in [1.807, 2.05) is 83.5 Å². The normalized spacial score (nSPS) is 11.2. The van der Waals surface area contributed by atoms with Gasteiger partial charge < -0.3 is 18.9 Å². The summed E-state index contributed by atoms with van der Waals surface area (Å²) in [7, 11) is 4.86. The van der Waals surface area contributed by atoms with E-state index in [1.165, 1.54) is 6.08 Å². The highest BCUT2D eigenvalue weighted by Crippen LogP contribution is 2.34. The van der Waals surface area contributed by atoms with Crippen LogP contribution in [0.5, 0.6) is 17.2 Å². The van der Waals surface area contributed by atoms with Crippen molar-refractivity contribution in [1.29, 1.82) is 0 Å². The van der Waals surface area contributed by atoms with Gasteiger partial charge in [0.1, 0.15) is 17.2 Å². The number of hydrogen-bond donors (Lipinski definition) is 0. The lowest BCUT2D eigenvalue weighted by Crippen LogP contribution is -2.04. The predicted octanol–water partition coefficient (Wildman–Crippen LogP) is 5.56. The zero-order chi connectivity index (χ0) is 25.5. The van der Waals surface area contributed by atoms with Gasteiger partial charge in [-0.25, -0.2) is 9.48 Å². The summed E-state index contributed by atoms with van der Waals surface area (Å²) >= 11 is 0. The second-order valence-corrected chi connectivity index (χ2v) is 7.76. The molecule has 0 aliphatic heterocycles. The summed E-state index contributed by atoms with van der Waals surface area (Å²) < 4.78 is 23.3. The molecule has 36 heavy (non-hydrogen) atoms. The Hall–Kier alpha value is -4.52. The third kappa shape index (κ3) is 5.25. The summed E-state index contributed by atoms with van der Waals surface area (Å²) in [6.45, 7) is 2.04. The number of methoxy groups -OCH3 is 3. The summed E-state index contributed by atoms with van der Waals surface area (Å²) in [5.41, 5.74) is 4.52. The molecule has 1 aromatic heterocycles. The van der Waals surface area contributed by atoms with Gasteiger partial charge in [0.15, 0.2) is 0 Å². The highest BCUT2D eigenvalue weighted by Gasteiger charge is 2.20. The maximum Gasteiger partial charge on any atom is 0.331 e. The van der Waals surface area contributed by atoms with Crippen molar-refractivity contribution in [3.63, 3.8) is 0 Å². The van der Waals surface area contributed by atoms with Crippen molar-refractivity contribution in [2.45, 2.75) is 6.92 Å². The minimum absolute atomic E-state index is 0.270. The zero-order valence-corrected chi connectivity index (χ0v) is 20.7. The fraction of sp³-hybridized carbons (Fsp3) is 0.172. The van der Waals surface area contributed by atoms with Crippen molar-refractivity contribution in [3.05, 3.63) is 96.2 Å². The Morgan fingerprint density at radius 3 is 2.11 bits per heavy atom. The van der Waals surface area contributed by atoms with Crippen molar-refractivity contribution in [1.82, 2.24) is 9.78 Å². The molecule has 0 radical (unpaired) electrons. The average Bonchev–Trinajstić information content (AvgIpc) is 3.37. The molecule has 0 aliphatic carbocycles. The van der Waals surface area contributed by atoms with Crippen molar-refractivity contribution in [2.24, 2.45) is 0 Å². The highest BCUT2D eigenvalue weighted by molar-refractivity contribution is 5.97. The molecule has 0 amide bonds. The number of carbonyl (C=O) groups excluding carboxylic acids is 1. The third-order valence-electron chi connectivity index (χ3n) is 5.63. The summed E-state index contributed by atoms with van der Waals surface area (Å²) in [5, 5.41) is 4.93. The van der Waals surface area contributed by atoms with Gasteiger partial charge >= 0.3 is 5.97 Å². The molecule has 0 aliphatic rings. The Balaban J connectivity index is 1.93. The van der Waals surface area contributed by atoms with E-state index in [4.69, 9.17) is 24.0 Å². The second-order valence-electron chi connectivity index (χ2n) is 7.76. The molecule has 7 heteroatoms. The first-order valence-electron chi connectivity index (χ1n) is 11.5. The lowest BCUT2D eigenvalue weighted by molar-refractivity contribution is -0.137. The Bertz CT molecular complexity index is 1290. The first-order chi connectivity index (χ1) is 17.6. The van der Waals surface area contributed by atoms with E-state index in [1.54, 1.807) is 28.3 Å². The average molecular weight is 485 g/mol. The molecule has 0 N–H and O–H groups in total. The first kappa shape index (κ1) is 24.6. The summed E-state index contributed by atoms with van der Waals surface area (Å²) in [6.07, 6.45) is 1.46. The predicted molar refractivity (Wildman–Crippen MR) is 139 cm³/mol. The molecule has 184 valence electrons. The second kappa shape index (κ2) is 11.3. The lowest BCUT2D eigenvalue weighted by atomic mass is 10.00. The van der Waals surface area contributed by atoms with Gasteiger partial charge in [0, 0.05) is 22.8 Å². The van der Waals surface area contributed by atoms with E-state index < -0.39 is 5.97 Å². The summed E-state index contributed by atoms with van der Waals surface area (Å²) in [4.78, 5) is 12.6. The largest absolute Gasteiger partial charge is 0.497 e. The quantitative estimate of drug-likeness (QED) is 0.229. The van der Waals surface area contributed by atoms with Gasteiger partial charge in [-0.1, -0.05) is 18.2 Å². The summed E-state index contributed by atoms with van der Waals surface area (Å²) in [5.74, 6) is 1.67. The molecule has 7 nitrogen and oxygen atoms in total. The molecule has 0 saturated heterocycles. The van der Waals surface area contributed by atoms with Crippen LogP contribution in [-0.4, -0.2) is 43.7 Å². The van der Waals surface area contributed by atoms with Crippen LogP contribution in [0.15, 0.2) is 84.9 Å². The number of carbonyl (C=O) groups is 1. The molecule has 0 atom stereocenters. The van der Waals surface area contributed by atoms with E-state index in [9.17, 15) is 4.79 Å². The van der Waals surface area contributed by atoms with Crippen molar-refractivity contribution >= 4 is 11.5 Å². The Kier molecular flexibility index (Phi) is 7.70. The Morgan fingerprint density at radius 2 is 1.50 bits per heavy atom. The van der Waals surface area contributed by atoms with Crippen LogP contribution in [0.2, 0.25) is 0 Å². The van der Waals surface area contributed by atoms with Crippen molar-refractivity contribution < 1.29 is 23.7 Å². The number of rotatable bonds is 9. The van der Waals surface area contributed by atoms with Crippen LogP contribution in [0.4, 0.5) is 0 Å². The third-order valence-corrected chi connectivity index (χ3v) is 5.63. The standard InChI is InChI=1S/C29H28N2O5/c1-5-36-29(32)18-25(24-8-6-7-9-28(24)35-4)26-19-27(20-10-14-22(33-2)15-11-20)31(30-26)21-12-16-23(34-3)17-13-21/h6-19H,5H2,1-4H3/b25-18+. The molecular formula is C29H28N2O5. The van der Waals surface area contributed by atoms with Crippen LogP contribution in [0.1, 0.15) is 18.2 Å². The van der Waals surface area contributed by atoms with Crippen LogP contribution in [0.25, 0.3) is 22.5 Å². The van der Waals surface area contributed by atoms with E-state index in [0.29, 0.717) is 17.0 Å². The first-order valence-corrected chi connectivity index (χ1v) is 11.5. The number of para-hydroxylation sites is 1. The molecular weight excluding hydrogens is 456 g/mol. The molecule has 4 rings (SSSR count). The lowest BCUT2D eigenvalue weighted by Gasteiger charge is -2.11. The number of nitrogens with zero attached hydrogens (tertiary/aromatic N) is 2. The van der Waals surface area contributed by atoms with Crippen molar-refractivity contribution in [2.75, 3.05) is 27.9 Å². The number of ether oxygens (including phenoxy) is 4. The fourth-order valence-corrected chi connectivity index (χ4v) is 3.86. The van der Waals surface area contributed by atoms with Crippen LogP contribution in [0.3, 0.4) is 0 Å². The van der Waals surface area contributed by atoms with E-state index in [-0.39, 0.29) is 6.61 Å². The molecule has 0 spiro atoms. The molecule has 3 aromatic carbocycles. The van der Waals surface area contributed by atoms with Gasteiger partial charge in [0.05, 0.1) is 45.0 Å². The van der Waals surface area contributed by atoms with Gasteiger partial charge in [0.2, 0.25) is 0 Å². The number of benzene rings is 3. The molecule has 0 saturated carbocycles. The van der Waals surface area contributed by atoms with Crippen LogP contribution < -0.4 is 14.2 Å². The molecule has 0 bridgehead atoms. The SMILES string of the molecule is CCOC(=O)/C=C(/c1cc(-c2ccc(OC)cc2)n(-c2ccc(OC)cc2)n1)c1ccccc1OC. The smallest absolute Gasteiger partial charge is 0.331 e. The Morgan fingerprint density at radius 1 is 0.861 bits per heavy atom. The molecule has 4 aromatic rings. The van der Waals surface area contributed by atoms with Gasteiger partial charge in [-0.15, -0.1) is 0 Å². The minimum atomic E-state index is -0.455. The monoisotopic (exact) mass is 484 g/mol. The maximum atomic E-state index is 12.6. The number of aromatic nitrogens is 2. The van der Waals surface area contributed by atoms with Crippen LogP contribution >= 0.6 is 0 Å². The van der Waals surface area contributed by atoms with Crippen LogP contribution in [-0.2, 0) is 9.53 Å². The molecule has 0 unspecified atom stereocenters. The molecule has 1 heterocycles. The summed E-state index contributed by atoms with van der Waals surface area (Å²) in [6, 6.07) is 24.8. The highest BCUT2D eigenvalue weighted by atomic mass is 16.5. The number of esters is 1. The van der Waals surface area contributed by atoms with Gasteiger partial charge in [-0.3, -0.25) is 0 Å². The maximum absolute atomic E-state index is 12.6. The van der Waals surface area contributed by atoms with Gasteiger partial charge in [-0.2, -0.15) is 5.10 Å². The topological polar surface area (TPSA) is 71.8 Å².